The molecule has 2 aromatic rings. The minimum absolute atomic E-state index is 0.218. The van der Waals surface area contributed by atoms with Gasteiger partial charge in [0.1, 0.15) is 5.60 Å². The van der Waals surface area contributed by atoms with Gasteiger partial charge in [0.05, 0.1) is 5.41 Å². The maximum Gasteiger partial charge on any atom is 0.410 e. The van der Waals surface area contributed by atoms with E-state index in [1.54, 1.807) is 9.42 Å². The number of rotatable bonds is 3. The fraction of sp³-hybridized carbons (Fsp3) is 0.652. The molecule has 2 fully saturated rings. The topological polar surface area (TPSA) is 80.0 Å². The fourth-order valence-electron chi connectivity index (χ4n) is 4.77. The second-order valence-corrected chi connectivity index (χ2v) is 10.9. The summed E-state index contributed by atoms with van der Waals surface area (Å²) in [4.78, 5) is 34.2. The molecule has 0 N–H and O–H groups in total. The van der Waals surface area contributed by atoms with E-state index in [4.69, 9.17) is 4.74 Å². The van der Waals surface area contributed by atoms with E-state index in [1.165, 1.54) is 0 Å². The van der Waals surface area contributed by atoms with Crippen LogP contribution in [0.15, 0.2) is 16.7 Å². The second-order valence-electron chi connectivity index (χ2n) is 10.0. The zero-order chi connectivity index (χ0) is 23.1. The monoisotopic (exact) mass is 505 g/mol. The summed E-state index contributed by atoms with van der Waals surface area (Å²) in [6.07, 6.45) is 5.52. The van der Waals surface area contributed by atoms with E-state index in [-0.39, 0.29) is 17.4 Å². The SMILES string of the molecule is Cc1cc(Br)cn2nc(CCN3CCCC4(CCN(C(=O)OC(C)(C)C)CC4)C3=O)nc12. The quantitative estimate of drug-likeness (QED) is 0.629. The minimum Gasteiger partial charge on any atom is -0.444 e. The van der Waals surface area contributed by atoms with E-state index in [9.17, 15) is 9.59 Å². The molecule has 2 aliphatic rings. The molecule has 2 amide bonds. The van der Waals surface area contributed by atoms with Crippen molar-refractivity contribution in [3.63, 3.8) is 0 Å². The van der Waals surface area contributed by atoms with Gasteiger partial charge in [0, 0.05) is 43.3 Å². The number of hydrogen-bond acceptors (Lipinski definition) is 5. The number of piperidine rings is 2. The van der Waals surface area contributed by atoms with Gasteiger partial charge in [-0.05, 0) is 80.9 Å². The van der Waals surface area contributed by atoms with Gasteiger partial charge in [-0.2, -0.15) is 5.10 Å². The lowest BCUT2D eigenvalue weighted by Crippen LogP contribution is -2.55. The predicted molar refractivity (Wildman–Crippen MR) is 124 cm³/mol. The van der Waals surface area contributed by atoms with Gasteiger partial charge in [-0.1, -0.05) is 0 Å². The minimum atomic E-state index is -0.510. The first-order chi connectivity index (χ1) is 15.1. The Bertz CT molecular complexity index is 1020. The van der Waals surface area contributed by atoms with Crippen LogP contribution in [-0.2, 0) is 16.0 Å². The lowest BCUT2D eigenvalue weighted by molar-refractivity contribution is -0.149. The maximum absolute atomic E-state index is 13.4. The van der Waals surface area contributed by atoms with Gasteiger partial charge in [-0.3, -0.25) is 4.79 Å². The Morgan fingerprint density at radius 1 is 1.22 bits per heavy atom. The van der Waals surface area contributed by atoms with Crippen LogP contribution in [0.2, 0.25) is 0 Å². The van der Waals surface area contributed by atoms with E-state index in [1.807, 2.05) is 44.9 Å². The third-order valence-electron chi connectivity index (χ3n) is 6.43. The van der Waals surface area contributed by atoms with Crippen LogP contribution < -0.4 is 0 Å². The summed E-state index contributed by atoms with van der Waals surface area (Å²) < 4.78 is 8.26. The van der Waals surface area contributed by atoms with Crippen LogP contribution in [0.3, 0.4) is 0 Å². The summed E-state index contributed by atoms with van der Waals surface area (Å²) in [7, 11) is 0. The van der Waals surface area contributed by atoms with Crippen molar-refractivity contribution in [2.75, 3.05) is 26.2 Å². The van der Waals surface area contributed by atoms with Gasteiger partial charge in [-0.15, -0.1) is 0 Å². The van der Waals surface area contributed by atoms with E-state index in [2.05, 4.69) is 26.0 Å². The van der Waals surface area contributed by atoms with Crippen molar-refractivity contribution in [2.45, 2.75) is 65.4 Å². The number of ether oxygens (including phenoxy) is 1. The number of halogens is 1. The van der Waals surface area contributed by atoms with Crippen LogP contribution >= 0.6 is 15.9 Å². The van der Waals surface area contributed by atoms with Crippen molar-refractivity contribution < 1.29 is 14.3 Å². The van der Waals surface area contributed by atoms with E-state index in [0.717, 1.165) is 40.9 Å². The molecule has 2 aromatic heterocycles. The van der Waals surface area contributed by atoms with Crippen LogP contribution in [0.1, 0.15) is 57.8 Å². The van der Waals surface area contributed by atoms with Gasteiger partial charge < -0.3 is 14.5 Å². The highest BCUT2D eigenvalue weighted by Gasteiger charge is 2.46. The molecule has 0 saturated carbocycles. The van der Waals surface area contributed by atoms with Crippen molar-refractivity contribution >= 4 is 33.6 Å². The predicted octanol–water partition coefficient (Wildman–Crippen LogP) is 3.98. The summed E-state index contributed by atoms with van der Waals surface area (Å²) in [5.74, 6) is 0.966. The Balaban J connectivity index is 1.38. The zero-order valence-electron chi connectivity index (χ0n) is 19.4. The number of pyridine rings is 1. The number of amides is 2. The Morgan fingerprint density at radius 2 is 1.94 bits per heavy atom. The van der Waals surface area contributed by atoms with Gasteiger partial charge in [0.15, 0.2) is 11.5 Å². The third-order valence-corrected chi connectivity index (χ3v) is 6.86. The highest BCUT2D eigenvalue weighted by atomic mass is 79.9. The van der Waals surface area contributed by atoms with Crippen LogP contribution in [0.25, 0.3) is 5.65 Å². The summed E-state index contributed by atoms with van der Waals surface area (Å²) in [6.45, 7) is 10.2. The number of aryl methyl sites for hydroxylation is 1. The Hall–Kier alpha value is -2.16. The number of carbonyl (C=O) groups excluding carboxylic acids is 2. The number of fused-ring (bicyclic) bond motifs is 1. The molecule has 0 aliphatic carbocycles. The van der Waals surface area contributed by atoms with Crippen LogP contribution in [0.5, 0.6) is 0 Å². The van der Waals surface area contributed by atoms with Gasteiger partial charge in [0.2, 0.25) is 5.91 Å². The standard InChI is InChI=1S/C23H32BrN5O3/c1-16-14-17(24)15-29-19(16)25-18(26-29)6-11-27-10-5-7-23(20(27)30)8-12-28(13-9-23)21(31)32-22(2,3)4/h14-15H,5-13H2,1-4H3. The smallest absolute Gasteiger partial charge is 0.410 e. The molecule has 9 heteroatoms. The van der Waals surface area contributed by atoms with Crippen LogP contribution in [-0.4, -0.2) is 68.2 Å². The molecule has 8 nitrogen and oxygen atoms in total. The number of carbonyl (C=O) groups is 2. The molecule has 4 rings (SSSR count). The molecular formula is C23H32BrN5O3. The van der Waals surface area contributed by atoms with Gasteiger partial charge in [-0.25, -0.2) is 14.3 Å². The average Bonchev–Trinajstić information content (AvgIpc) is 3.12. The molecule has 2 saturated heterocycles. The summed E-state index contributed by atoms with van der Waals surface area (Å²) in [5, 5.41) is 4.59. The summed E-state index contributed by atoms with van der Waals surface area (Å²) in [6, 6.07) is 2.02. The first kappa shape index (κ1) is 23.0. The second kappa shape index (κ2) is 8.65. The molecule has 0 unspecified atom stereocenters. The molecule has 0 aromatic carbocycles. The molecule has 2 aliphatic heterocycles. The number of likely N-dealkylation sites (tertiary alicyclic amines) is 2. The van der Waals surface area contributed by atoms with Gasteiger partial charge >= 0.3 is 6.09 Å². The third kappa shape index (κ3) is 4.77. The lowest BCUT2D eigenvalue weighted by atomic mass is 9.71. The van der Waals surface area contributed by atoms with Crippen LogP contribution in [0.4, 0.5) is 4.79 Å². The molecule has 1 spiro atoms. The maximum atomic E-state index is 13.4. The normalized spacial score (nSPS) is 19.1. The van der Waals surface area contributed by atoms with Crippen LogP contribution in [0, 0.1) is 12.3 Å². The first-order valence-corrected chi connectivity index (χ1v) is 12.1. The van der Waals surface area contributed by atoms with Crippen molar-refractivity contribution in [1.29, 1.82) is 0 Å². The average molecular weight is 506 g/mol. The summed E-state index contributed by atoms with van der Waals surface area (Å²) >= 11 is 3.50. The lowest BCUT2D eigenvalue weighted by Gasteiger charge is -2.46. The zero-order valence-corrected chi connectivity index (χ0v) is 20.9. The molecule has 0 bridgehead atoms. The largest absolute Gasteiger partial charge is 0.444 e. The number of aromatic nitrogens is 3. The highest BCUT2D eigenvalue weighted by molar-refractivity contribution is 9.10. The molecule has 0 radical (unpaired) electrons. The number of hydrogen-bond donors (Lipinski definition) is 0. The van der Waals surface area contributed by atoms with Crippen molar-refractivity contribution in [3.8, 4) is 0 Å². The summed E-state index contributed by atoms with van der Waals surface area (Å²) in [5.41, 5.74) is 1.04. The Morgan fingerprint density at radius 3 is 2.62 bits per heavy atom. The Kier molecular flexibility index (Phi) is 6.22. The molecule has 4 heterocycles. The highest BCUT2D eigenvalue weighted by Crippen LogP contribution is 2.41. The van der Waals surface area contributed by atoms with E-state index in [0.29, 0.717) is 38.9 Å². The molecular weight excluding hydrogens is 474 g/mol. The van der Waals surface area contributed by atoms with E-state index < -0.39 is 5.60 Å². The molecule has 0 atom stereocenters. The van der Waals surface area contributed by atoms with Crippen molar-refractivity contribution in [2.24, 2.45) is 5.41 Å². The Labute approximate surface area is 197 Å². The van der Waals surface area contributed by atoms with Crippen molar-refractivity contribution in [1.82, 2.24) is 24.4 Å². The van der Waals surface area contributed by atoms with Crippen molar-refractivity contribution in [3.05, 3.63) is 28.1 Å². The molecule has 174 valence electrons. The molecule has 32 heavy (non-hydrogen) atoms. The fourth-order valence-corrected chi connectivity index (χ4v) is 5.30. The first-order valence-electron chi connectivity index (χ1n) is 11.4. The van der Waals surface area contributed by atoms with E-state index >= 15 is 0 Å². The number of nitrogens with zero attached hydrogens (tertiary/aromatic N) is 5. The van der Waals surface area contributed by atoms with Gasteiger partial charge in [0.25, 0.3) is 0 Å².